The zero-order valence-corrected chi connectivity index (χ0v) is 32.6. The number of rotatable bonds is 8. The number of nitrogens with zero attached hydrogens (tertiary/aromatic N) is 5. The van der Waals surface area contributed by atoms with Gasteiger partial charge in [-0.2, -0.15) is 0 Å². The Morgan fingerprint density at radius 1 is 0.317 bits per heavy atom. The lowest BCUT2D eigenvalue weighted by Gasteiger charge is -2.35. The second-order valence-electron chi connectivity index (χ2n) is 14.8. The third-order valence-corrected chi connectivity index (χ3v) is 11.2. The maximum absolute atomic E-state index is 5.21. The van der Waals surface area contributed by atoms with E-state index in [1.165, 1.54) is 16.3 Å². The highest BCUT2D eigenvalue weighted by atomic mass is 15.2. The highest BCUT2D eigenvalue weighted by Gasteiger charge is 2.30. The Morgan fingerprint density at radius 3 is 1.42 bits per heavy atom. The van der Waals surface area contributed by atoms with Crippen molar-refractivity contribution in [3.05, 3.63) is 224 Å². The zero-order valence-electron chi connectivity index (χ0n) is 32.6. The Labute approximate surface area is 349 Å². The van der Waals surface area contributed by atoms with Gasteiger partial charge in [-0.15, -0.1) is 0 Å². The van der Waals surface area contributed by atoms with Gasteiger partial charge in [-0.05, 0) is 82.7 Å². The summed E-state index contributed by atoms with van der Waals surface area (Å²) in [6.45, 7) is 0. The van der Waals surface area contributed by atoms with Gasteiger partial charge in [0.1, 0.15) is 0 Å². The number of aromatic nitrogens is 3. The summed E-state index contributed by atoms with van der Waals surface area (Å²) >= 11 is 0. The monoisotopic (exact) mass is 767 g/mol. The molecule has 1 aliphatic heterocycles. The Bertz CT molecular complexity index is 3020. The van der Waals surface area contributed by atoms with Gasteiger partial charge in [0.05, 0.1) is 11.4 Å². The first kappa shape index (κ1) is 35.0. The van der Waals surface area contributed by atoms with Crippen molar-refractivity contribution in [3.63, 3.8) is 0 Å². The third-order valence-electron chi connectivity index (χ3n) is 11.2. The fourth-order valence-electron chi connectivity index (χ4n) is 8.54. The van der Waals surface area contributed by atoms with Gasteiger partial charge in [-0.3, -0.25) is 0 Å². The van der Waals surface area contributed by atoms with Gasteiger partial charge in [0.15, 0.2) is 17.5 Å². The first-order valence-corrected chi connectivity index (χ1v) is 20.2. The van der Waals surface area contributed by atoms with E-state index < -0.39 is 0 Å². The van der Waals surface area contributed by atoms with Crippen LogP contribution in [-0.2, 0) is 0 Å². The molecule has 0 radical (unpaired) electrons. The molecule has 0 saturated carbocycles. The van der Waals surface area contributed by atoms with Gasteiger partial charge in [-0.1, -0.05) is 164 Å². The molecule has 0 bridgehead atoms. The average molecular weight is 768 g/mol. The van der Waals surface area contributed by atoms with Crippen molar-refractivity contribution in [1.29, 1.82) is 0 Å². The first-order valence-electron chi connectivity index (χ1n) is 20.2. The quantitative estimate of drug-likeness (QED) is 0.154. The molecule has 1 aliphatic rings. The fraction of sp³-hybridized carbons (Fsp3) is 0. The van der Waals surface area contributed by atoms with Gasteiger partial charge >= 0.3 is 0 Å². The number of benzene rings is 9. The molecule has 0 aliphatic carbocycles. The molecular weight excluding hydrogens is 731 g/mol. The molecule has 0 N–H and O–H groups in total. The van der Waals surface area contributed by atoms with Crippen LogP contribution in [0.3, 0.4) is 0 Å². The molecule has 10 aromatic rings. The summed E-state index contributed by atoms with van der Waals surface area (Å²) < 4.78 is 0. The molecule has 0 fully saturated rings. The van der Waals surface area contributed by atoms with Crippen molar-refractivity contribution in [3.8, 4) is 56.4 Å². The van der Waals surface area contributed by atoms with E-state index in [0.29, 0.717) is 17.5 Å². The minimum atomic E-state index is 0.626. The van der Waals surface area contributed by atoms with E-state index in [4.69, 9.17) is 15.0 Å². The first-order chi connectivity index (χ1) is 29.8. The SMILES string of the molecule is c1ccc(-c2nc(-c3ccccc3)nc(-c3cccc4c3-c3cccc5c(-c6ccc(N(c7ccccc7)c7ccccc7)cc6)ccc(c35)N4c3ccccc3)n2)cc1. The van der Waals surface area contributed by atoms with Crippen molar-refractivity contribution in [2.75, 3.05) is 9.80 Å². The van der Waals surface area contributed by atoms with E-state index in [2.05, 4.69) is 198 Å². The number of anilines is 6. The van der Waals surface area contributed by atoms with Crippen LogP contribution in [0.1, 0.15) is 0 Å². The third kappa shape index (κ3) is 6.17. The van der Waals surface area contributed by atoms with E-state index in [0.717, 1.165) is 67.5 Å². The van der Waals surface area contributed by atoms with Crippen LogP contribution in [0, 0.1) is 0 Å². The summed E-state index contributed by atoms with van der Waals surface area (Å²) in [4.78, 5) is 20.1. The minimum Gasteiger partial charge on any atom is -0.311 e. The van der Waals surface area contributed by atoms with Gasteiger partial charge in [0, 0.05) is 50.4 Å². The van der Waals surface area contributed by atoms with Gasteiger partial charge in [-0.25, -0.2) is 15.0 Å². The Hall–Kier alpha value is -8.15. The normalized spacial score (nSPS) is 11.6. The topological polar surface area (TPSA) is 45.2 Å². The molecule has 2 heterocycles. The second kappa shape index (κ2) is 15.0. The van der Waals surface area contributed by atoms with Crippen LogP contribution in [0.15, 0.2) is 224 Å². The lowest BCUT2D eigenvalue weighted by atomic mass is 9.85. The van der Waals surface area contributed by atoms with Crippen LogP contribution < -0.4 is 9.80 Å². The van der Waals surface area contributed by atoms with Crippen LogP contribution >= 0.6 is 0 Å². The molecule has 5 heteroatoms. The van der Waals surface area contributed by atoms with Gasteiger partial charge in [0.25, 0.3) is 0 Å². The summed E-state index contributed by atoms with van der Waals surface area (Å²) in [5.41, 5.74) is 13.9. The Kier molecular flexibility index (Phi) is 8.75. The lowest BCUT2D eigenvalue weighted by molar-refractivity contribution is 1.07. The molecule has 9 aromatic carbocycles. The predicted molar refractivity (Wildman–Crippen MR) is 247 cm³/mol. The van der Waals surface area contributed by atoms with Crippen molar-refractivity contribution < 1.29 is 0 Å². The number of para-hydroxylation sites is 3. The number of fused-ring (bicyclic) bond motifs is 2. The summed E-state index contributed by atoms with van der Waals surface area (Å²) in [5.74, 6) is 1.89. The van der Waals surface area contributed by atoms with Crippen molar-refractivity contribution in [2.45, 2.75) is 0 Å². The molecule has 0 saturated heterocycles. The largest absolute Gasteiger partial charge is 0.311 e. The number of hydrogen-bond acceptors (Lipinski definition) is 5. The molecule has 11 rings (SSSR count). The van der Waals surface area contributed by atoms with Crippen LogP contribution in [0.5, 0.6) is 0 Å². The molecule has 0 atom stereocenters. The maximum atomic E-state index is 5.21. The smallest absolute Gasteiger partial charge is 0.164 e. The molecule has 0 spiro atoms. The number of hydrogen-bond donors (Lipinski definition) is 0. The van der Waals surface area contributed by atoms with Crippen molar-refractivity contribution in [1.82, 2.24) is 15.0 Å². The fourth-order valence-corrected chi connectivity index (χ4v) is 8.54. The molecule has 60 heavy (non-hydrogen) atoms. The van der Waals surface area contributed by atoms with Crippen LogP contribution in [0.2, 0.25) is 0 Å². The zero-order chi connectivity index (χ0) is 39.8. The van der Waals surface area contributed by atoms with Gasteiger partial charge in [0.2, 0.25) is 0 Å². The maximum Gasteiger partial charge on any atom is 0.164 e. The van der Waals surface area contributed by atoms with Gasteiger partial charge < -0.3 is 9.80 Å². The Morgan fingerprint density at radius 2 is 0.817 bits per heavy atom. The van der Waals surface area contributed by atoms with Crippen LogP contribution in [-0.4, -0.2) is 15.0 Å². The van der Waals surface area contributed by atoms with Crippen LogP contribution in [0.25, 0.3) is 67.2 Å². The molecule has 5 nitrogen and oxygen atoms in total. The molecule has 0 unspecified atom stereocenters. The molecule has 1 aromatic heterocycles. The van der Waals surface area contributed by atoms with E-state index in [1.807, 2.05) is 36.4 Å². The summed E-state index contributed by atoms with van der Waals surface area (Å²) in [6.07, 6.45) is 0. The summed E-state index contributed by atoms with van der Waals surface area (Å²) in [7, 11) is 0. The predicted octanol–water partition coefficient (Wildman–Crippen LogP) is 14.6. The highest BCUT2D eigenvalue weighted by Crippen LogP contribution is 2.54. The Balaban J connectivity index is 1.11. The van der Waals surface area contributed by atoms with Crippen LogP contribution in [0.4, 0.5) is 34.1 Å². The van der Waals surface area contributed by atoms with E-state index in [1.54, 1.807) is 0 Å². The van der Waals surface area contributed by atoms with E-state index in [9.17, 15) is 0 Å². The standard InChI is InChI=1S/C55H37N5/c1-6-18-39(19-7-1)53-56-54(40-20-8-2-9-21-40)58-55(57-53)48-30-17-31-49-52(48)47-29-16-28-46-45(36-37-50(51(46)47)60(49)43-26-14-5-15-27-43)38-32-34-44(35-33-38)59(41-22-10-3-11-23-41)42-24-12-4-13-25-42/h1-37H. The minimum absolute atomic E-state index is 0.626. The van der Waals surface area contributed by atoms with E-state index >= 15 is 0 Å². The second-order valence-corrected chi connectivity index (χ2v) is 14.8. The molecule has 282 valence electrons. The van der Waals surface area contributed by atoms with Crippen molar-refractivity contribution >= 4 is 44.9 Å². The molecule has 0 amide bonds. The molecular formula is C55H37N5. The van der Waals surface area contributed by atoms with Crippen molar-refractivity contribution in [2.24, 2.45) is 0 Å². The highest BCUT2D eigenvalue weighted by molar-refractivity contribution is 6.19. The summed E-state index contributed by atoms with van der Waals surface area (Å²) in [5, 5.41) is 2.35. The van der Waals surface area contributed by atoms with E-state index in [-0.39, 0.29) is 0 Å². The summed E-state index contributed by atoms with van der Waals surface area (Å²) in [6, 6.07) is 78.7. The average Bonchev–Trinajstić information content (AvgIpc) is 3.33. The lowest BCUT2D eigenvalue weighted by Crippen LogP contribution is -2.16.